The van der Waals surface area contributed by atoms with Crippen molar-refractivity contribution in [2.75, 3.05) is 26.8 Å². The fraction of sp³-hybridized carbons (Fsp3) is 0.732. The number of methoxy groups -OCH3 is 1. The smallest absolute Gasteiger partial charge is 0.311 e. The average Bonchev–Trinajstić information content (AvgIpc) is 3.10. The third-order valence-corrected chi connectivity index (χ3v) is 15.6. The predicted octanol–water partition coefficient (Wildman–Crippen LogP) is 5.18. The van der Waals surface area contributed by atoms with Gasteiger partial charge in [-0.05, 0) is 117 Å². The summed E-state index contributed by atoms with van der Waals surface area (Å²) in [6.45, 7) is 11.7. The first-order chi connectivity index (χ1) is 23.6. The zero-order valence-electron chi connectivity index (χ0n) is 31.0. The lowest BCUT2D eigenvalue weighted by atomic mass is 9.33. The summed E-state index contributed by atoms with van der Waals surface area (Å²) >= 11 is 0. The lowest BCUT2D eigenvalue weighted by Gasteiger charge is -2.71. The van der Waals surface area contributed by atoms with Crippen molar-refractivity contribution < 1.29 is 34.4 Å². The van der Waals surface area contributed by atoms with Crippen molar-refractivity contribution >= 4 is 17.8 Å². The third kappa shape index (κ3) is 5.39. The summed E-state index contributed by atoms with van der Waals surface area (Å²) in [5.74, 6) is -0.147. The Balaban J connectivity index is 1.27. The highest BCUT2D eigenvalue weighted by Gasteiger charge is 2.71. The summed E-state index contributed by atoms with van der Waals surface area (Å²) in [6.07, 6.45) is 7.51. The van der Waals surface area contributed by atoms with E-state index in [-0.39, 0.29) is 58.4 Å². The van der Waals surface area contributed by atoms with Crippen LogP contribution < -0.4 is 10.6 Å². The highest BCUT2D eigenvalue weighted by atomic mass is 16.5. The number of hydrogen-bond donors (Lipinski definition) is 5. The van der Waals surface area contributed by atoms with Crippen LogP contribution in [0, 0.1) is 50.2 Å². The molecule has 2 amide bonds. The Morgan fingerprint density at radius 2 is 1.56 bits per heavy atom. The molecule has 0 heterocycles. The van der Waals surface area contributed by atoms with Crippen LogP contribution in [0.3, 0.4) is 0 Å². The fourth-order valence-electron chi connectivity index (χ4n) is 12.4. The van der Waals surface area contributed by atoms with Gasteiger partial charge < -0.3 is 30.7 Å². The van der Waals surface area contributed by atoms with Gasteiger partial charge in [-0.2, -0.15) is 0 Å². The van der Waals surface area contributed by atoms with E-state index in [0.717, 1.165) is 32.1 Å². The van der Waals surface area contributed by atoms with Crippen molar-refractivity contribution in [2.24, 2.45) is 50.2 Å². The van der Waals surface area contributed by atoms with Crippen molar-refractivity contribution in [1.82, 2.24) is 10.6 Å². The van der Waals surface area contributed by atoms with Crippen molar-refractivity contribution in [2.45, 2.75) is 111 Å². The molecule has 5 aliphatic carbocycles. The van der Waals surface area contributed by atoms with Crippen LogP contribution in [-0.2, 0) is 14.3 Å². The maximum absolute atomic E-state index is 14.5. The van der Waals surface area contributed by atoms with Gasteiger partial charge in [0.2, 0.25) is 5.91 Å². The van der Waals surface area contributed by atoms with E-state index in [4.69, 9.17) is 4.74 Å². The molecule has 0 saturated heterocycles. The monoisotopic (exact) mass is 692 g/mol. The highest BCUT2D eigenvalue weighted by molar-refractivity contribution is 5.94. The number of ether oxygens (including phenoxy) is 1. The molecule has 0 aliphatic heterocycles. The van der Waals surface area contributed by atoms with Crippen LogP contribution in [0.2, 0.25) is 0 Å². The summed E-state index contributed by atoms with van der Waals surface area (Å²) in [5.41, 5.74) is -0.874. The van der Waals surface area contributed by atoms with Crippen LogP contribution in [0.5, 0.6) is 0 Å². The maximum Gasteiger partial charge on any atom is 0.311 e. The second-order valence-electron chi connectivity index (χ2n) is 17.9. The number of esters is 1. The van der Waals surface area contributed by atoms with Crippen LogP contribution in [0.1, 0.15) is 109 Å². The number of aliphatic hydroxyl groups is 3. The number of rotatable bonds is 8. The molecule has 5 N–H and O–H groups in total. The van der Waals surface area contributed by atoms with Crippen molar-refractivity contribution in [3.63, 3.8) is 0 Å². The van der Waals surface area contributed by atoms with Crippen molar-refractivity contribution in [3.05, 3.63) is 47.5 Å². The van der Waals surface area contributed by atoms with Gasteiger partial charge in [0.1, 0.15) is 0 Å². The molecule has 11 atom stereocenters. The van der Waals surface area contributed by atoms with Crippen LogP contribution >= 0.6 is 0 Å². The molecule has 6 rings (SSSR count). The molecule has 9 nitrogen and oxygen atoms in total. The molecule has 0 radical (unpaired) electrons. The first-order valence-corrected chi connectivity index (χ1v) is 18.9. The molecule has 276 valence electrons. The average molecular weight is 693 g/mol. The molecule has 0 spiro atoms. The van der Waals surface area contributed by atoms with Gasteiger partial charge in [-0.15, -0.1) is 0 Å². The largest absolute Gasteiger partial charge is 0.469 e. The zero-order chi connectivity index (χ0) is 36.3. The third-order valence-electron chi connectivity index (χ3n) is 15.6. The Morgan fingerprint density at radius 1 is 0.880 bits per heavy atom. The molecule has 0 aromatic heterocycles. The summed E-state index contributed by atoms with van der Waals surface area (Å²) in [6, 6.07) is 9.10. The number of hydrogen-bond acceptors (Lipinski definition) is 7. The van der Waals surface area contributed by atoms with Crippen LogP contribution in [-0.4, -0.2) is 72.1 Å². The molecule has 4 saturated carbocycles. The number of nitrogens with one attached hydrogen (secondary N) is 2. The van der Waals surface area contributed by atoms with E-state index in [1.54, 1.807) is 12.1 Å². The molecule has 1 aromatic carbocycles. The molecule has 4 fully saturated rings. The Labute approximate surface area is 298 Å². The number of carbonyl (C=O) groups is 3. The number of fused-ring (bicyclic) bond motifs is 7. The summed E-state index contributed by atoms with van der Waals surface area (Å²) < 4.78 is 5.34. The number of amides is 2. The van der Waals surface area contributed by atoms with E-state index in [1.807, 2.05) is 32.0 Å². The minimum atomic E-state index is -0.965. The molecule has 9 heteroatoms. The Morgan fingerprint density at radius 3 is 2.24 bits per heavy atom. The summed E-state index contributed by atoms with van der Waals surface area (Å²) in [7, 11) is 1.45. The molecule has 5 aliphatic rings. The van der Waals surface area contributed by atoms with E-state index in [2.05, 4.69) is 37.5 Å². The zero-order valence-corrected chi connectivity index (χ0v) is 31.0. The Bertz CT molecular complexity index is 1510. The molecule has 1 aromatic rings. The lowest BCUT2D eigenvalue weighted by Crippen LogP contribution is -2.68. The van der Waals surface area contributed by atoms with Gasteiger partial charge in [-0.3, -0.25) is 14.4 Å². The van der Waals surface area contributed by atoms with Gasteiger partial charge in [0.05, 0.1) is 36.8 Å². The van der Waals surface area contributed by atoms with E-state index in [0.29, 0.717) is 50.8 Å². The number of carbonyl (C=O) groups excluding carboxylic acids is 3. The normalized spacial score (nSPS) is 43.5. The van der Waals surface area contributed by atoms with E-state index in [9.17, 15) is 29.7 Å². The summed E-state index contributed by atoms with van der Waals surface area (Å²) in [4.78, 5) is 40.2. The van der Waals surface area contributed by atoms with Crippen molar-refractivity contribution in [1.29, 1.82) is 0 Å². The molecule has 3 unspecified atom stereocenters. The van der Waals surface area contributed by atoms with Gasteiger partial charge in [0, 0.05) is 24.1 Å². The van der Waals surface area contributed by atoms with Crippen LogP contribution in [0.25, 0.3) is 0 Å². The number of aliphatic hydroxyl groups excluding tert-OH is 3. The van der Waals surface area contributed by atoms with Gasteiger partial charge in [-0.25, -0.2) is 0 Å². The fourth-order valence-corrected chi connectivity index (χ4v) is 12.4. The predicted molar refractivity (Wildman–Crippen MR) is 191 cm³/mol. The Kier molecular flexibility index (Phi) is 9.65. The SMILES string of the molecule is COC(=O)[C@@]1(C)CC[C@]2(C(=O)NCCCNC(=O)c3ccccc3)CC[C@]3(C)C(=CCC4[C@@]5(C)C[C@H](O)[C@H](O)[C@@](C)(CO)C5CC[C@]43C)C2C1. The lowest BCUT2D eigenvalue weighted by molar-refractivity contribution is -0.243. The highest BCUT2D eigenvalue weighted by Crippen LogP contribution is 2.75. The molecule has 0 bridgehead atoms. The number of benzene rings is 1. The minimum Gasteiger partial charge on any atom is -0.469 e. The second-order valence-corrected chi connectivity index (χ2v) is 17.9. The Hall–Kier alpha value is -2.75. The number of allylic oxidation sites excluding steroid dienone is 2. The van der Waals surface area contributed by atoms with E-state index >= 15 is 0 Å². The van der Waals surface area contributed by atoms with Gasteiger partial charge in [-0.1, -0.05) is 57.5 Å². The first kappa shape index (κ1) is 37.0. The standard InChI is InChI=1S/C41H60N2O7/c1-36(35(49)50-6)17-19-41(34(48)43-22-10-21-42-33(47)26-11-8-7-9-12-26)20-18-39(4)27(28(41)23-36)13-14-31-37(2)24-29(45)32(46)38(3,25-44)30(37)15-16-40(31,39)5/h7-9,11-13,28-32,44-46H,10,14-25H2,1-6H3,(H,42,47)(H,43,48)/t28?,29-,30?,31?,32-,36-,37-,38-,39+,40+,41-/m0/s1. The maximum atomic E-state index is 14.5. The molecule has 50 heavy (non-hydrogen) atoms. The molecular weight excluding hydrogens is 632 g/mol. The summed E-state index contributed by atoms with van der Waals surface area (Å²) in [5, 5.41) is 39.1. The first-order valence-electron chi connectivity index (χ1n) is 18.9. The van der Waals surface area contributed by atoms with Crippen LogP contribution in [0.15, 0.2) is 42.0 Å². The van der Waals surface area contributed by atoms with E-state index in [1.165, 1.54) is 12.7 Å². The molecular formula is C41H60N2O7. The quantitative estimate of drug-likeness (QED) is 0.143. The topological polar surface area (TPSA) is 145 Å². The van der Waals surface area contributed by atoms with E-state index < -0.39 is 28.5 Å². The van der Waals surface area contributed by atoms with Crippen molar-refractivity contribution in [3.8, 4) is 0 Å². The van der Waals surface area contributed by atoms with Gasteiger partial charge in [0.15, 0.2) is 0 Å². The second kappa shape index (κ2) is 13.0. The van der Waals surface area contributed by atoms with Crippen LogP contribution in [0.4, 0.5) is 0 Å². The van der Waals surface area contributed by atoms with Gasteiger partial charge in [0.25, 0.3) is 5.91 Å². The van der Waals surface area contributed by atoms with Gasteiger partial charge >= 0.3 is 5.97 Å². The minimum absolute atomic E-state index is 0.0396.